The number of hydrogen-bond acceptors (Lipinski definition) is 4. The third-order valence-electron chi connectivity index (χ3n) is 3.57. The van der Waals surface area contributed by atoms with Gasteiger partial charge in [0, 0.05) is 23.2 Å². The van der Waals surface area contributed by atoms with Gasteiger partial charge < -0.3 is 10.2 Å². The highest BCUT2D eigenvalue weighted by Crippen LogP contribution is 2.21. The molecule has 4 heteroatoms. The zero-order chi connectivity index (χ0) is 15.2. The Morgan fingerprint density at radius 2 is 2.10 bits per heavy atom. The van der Waals surface area contributed by atoms with E-state index in [1.807, 2.05) is 0 Å². The Labute approximate surface area is 132 Å². The predicted octanol–water partition coefficient (Wildman–Crippen LogP) is 3.98. The van der Waals surface area contributed by atoms with Crippen molar-refractivity contribution in [1.29, 1.82) is 0 Å². The Morgan fingerprint density at radius 1 is 1.29 bits per heavy atom. The normalized spacial score (nSPS) is 11.1. The van der Waals surface area contributed by atoms with Crippen LogP contribution in [0.2, 0.25) is 0 Å². The summed E-state index contributed by atoms with van der Waals surface area (Å²) < 4.78 is 0. The number of rotatable bonds is 7. The Morgan fingerprint density at radius 3 is 2.67 bits per heavy atom. The summed E-state index contributed by atoms with van der Waals surface area (Å²) in [5, 5.41) is 5.49. The van der Waals surface area contributed by atoms with E-state index >= 15 is 0 Å². The van der Waals surface area contributed by atoms with Crippen LogP contribution in [-0.2, 0) is 13.1 Å². The molecule has 0 amide bonds. The smallest absolute Gasteiger partial charge is 0.129 e. The van der Waals surface area contributed by atoms with E-state index in [1.54, 1.807) is 11.3 Å². The maximum Gasteiger partial charge on any atom is 0.129 e. The minimum Gasteiger partial charge on any atom is -0.349 e. The quantitative estimate of drug-likeness (QED) is 0.838. The lowest BCUT2D eigenvalue weighted by molar-refractivity contribution is 0.672. The Kier molecular flexibility index (Phi) is 5.76. The molecule has 2 aromatic rings. The summed E-state index contributed by atoms with van der Waals surface area (Å²) in [5.74, 6) is 1.07. The summed E-state index contributed by atoms with van der Waals surface area (Å²) in [6.45, 7) is 11.5. The standard InChI is InChI=1S/C17H25N3S/c1-5-18-11-15-8-9-17(19-14(15)4)20(13(2)3)12-16-7-6-10-21-16/h6-10,13,18H,5,11-12H2,1-4H3. The second-order valence-electron chi connectivity index (χ2n) is 5.50. The second kappa shape index (κ2) is 7.57. The van der Waals surface area contributed by atoms with Crippen LogP contribution in [0, 0.1) is 6.92 Å². The summed E-state index contributed by atoms with van der Waals surface area (Å²) in [6, 6.07) is 9.07. The van der Waals surface area contributed by atoms with Crippen LogP contribution >= 0.6 is 11.3 Å². The molecule has 0 aliphatic heterocycles. The Bertz CT molecular complexity index is 549. The molecule has 2 rings (SSSR count). The maximum atomic E-state index is 4.82. The average Bonchev–Trinajstić information content (AvgIpc) is 2.96. The van der Waals surface area contributed by atoms with E-state index < -0.39 is 0 Å². The van der Waals surface area contributed by atoms with Gasteiger partial charge in [-0.1, -0.05) is 19.1 Å². The van der Waals surface area contributed by atoms with Crippen molar-refractivity contribution in [3.05, 3.63) is 45.8 Å². The molecule has 114 valence electrons. The number of nitrogens with one attached hydrogen (secondary N) is 1. The van der Waals surface area contributed by atoms with E-state index in [0.29, 0.717) is 6.04 Å². The summed E-state index contributed by atoms with van der Waals surface area (Å²) in [6.07, 6.45) is 0. The van der Waals surface area contributed by atoms with Gasteiger partial charge in [-0.2, -0.15) is 0 Å². The average molecular weight is 303 g/mol. The van der Waals surface area contributed by atoms with Gasteiger partial charge in [0.15, 0.2) is 0 Å². The van der Waals surface area contributed by atoms with Crippen molar-refractivity contribution in [1.82, 2.24) is 10.3 Å². The van der Waals surface area contributed by atoms with Crippen molar-refractivity contribution < 1.29 is 0 Å². The third-order valence-corrected chi connectivity index (χ3v) is 4.43. The number of anilines is 1. The molecule has 0 saturated heterocycles. The lowest BCUT2D eigenvalue weighted by Gasteiger charge is -2.28. The van der Waals surface area contributed by atoms with E-state index in [9.17, 15) is 0 Å². The molecular formula is C17H25N3S. The van der Waals surface area contributed by atoms with Crippen molar-refractivity contribution in [3.63, 3.8) is 0 Å². The summed E-state index contributed by atoms with van der Waals surface area (Å²) in [7, 11) is 0. The van der Waals surface area contributed by atoms with Crippen molar-refractivity contribution in [2.75, 3.05) is 11.4 Å². The molecule has 21 heavy (non-hydrogen) atoms. The zero-order valence-corrected chi connectivity index (χ0v) is 14.2. The lowest BCUT2D eigenvalue weighted by Crippen LogP contribution is -2.30. The van der Waals surface area contributed by atoms with Gasteiger partial charge in [-0.05, 0) is 50.4 Å². The summed E-state index contributed by atoms with van der Waals surface area (Å²) >= 11 is 1.80. The first-order chi connectivity index (χ1) is 10.1. The molecule has 0 aliphatic rings. The van der Waals surface area contributed by atoms with E-state index in [4.69, 9.17) is 4.98 Å². The molecule has 0 radical (unpaired) electrons. The van der Waals surface area contributed by atoms with Gasteiger partial charge in [-0.15, -0.1) is 11.3 Å². The third kappa shape index (κ3) is 4.29. The first kappa shape index (κ1) is 16.0. The van der Waals surface area contributed by atoms with Crippen LogP contribution in [-0.4, -0.2) is 17.6 Å². The highest BCUT2D eigenvalue weighted by Gasteiger charge is 2.14. The molecule has 0 atom stereocenters. The first-order valence-corrected chi connectivity index (χ1v) is 8.46. The van der Waals surface area contributed by atoms with E-state index in [-0.39, 0.29) is 0 Å². The molecule has 0 fully saturated rings. The van der Waals surface area contributed by atoms with E-state index in [2.05, 4.69) is 67.6 Å². The minimum absolute atomic E-state index is 0.429. The molecule has 1 N–H and O–H groups in total. The number of nitrogens with zero attached hydrogens (tertiary/aromatic N) is 2. The van der Waals surface area contributed by atoms with Crippen molar-refractivity contribution >= 4 is 17.2 Å². The largest absolute Gasteiger partial charge is 0.349 e. The highest BCUT2D eigenvalue weighted by atomic mass is 32.1. The van der Waals surface area contributed by atoms with Gasteiger partial charge in [0.2, 0.25) is 0 Å². The number of aromatic nitrogens is 1. The van der Waals surface area contributed by atoms with Gasteiger partial charge in [-0.3, -0.25) is 0 Å². The van der Waals surface area contributed by atoms with Crippen molar-refractivity contribution in [2.45, 2.75) is 46.8 Å². The summed E-state index contributed by atoms with van der Waals surface area (Å²) in [4.78, 5) is 8.55. The van der Waals surface area contributed by atoms with Crippen molar-refractivity contribution in [2.24, 2.45) is 0 Å². The molecule has 2 heterocycles. The summed E-state index contributed by atoms with van der Waals surface area (Å²) in [5.41, 5.74) is 2.39. The fraction of sp³-hybridized carbons (Fsp3) is 0.471. The molecule has 3 nitrogen and oxygen atoms in total. The van der Waals surface area contributed by atoms with E-state index in [1.165, 1.54) is 10.4 Å². The molecule has 0 unspecified atom stereocenters. The van der Waals surface area contributed by atoms with Crippen LogP contribution in [0.4, 0.5) is 5.82 Å². The molecule has 0 bridgehead atoms. The number of hydrogen-bond donors (Lipinski definition) is 1. The van der Waals surface area contributed by atoms with Crippen LogP contribution in [0.15, 0.2) is 29.6 Å². The fourth-order valence-corrected chi connectivity index (χ4v) is 2.98. The van der Waals surface area contributed by atoms with Gasteiger partial charge >= 0.3 is 0 Å². The van der Waals surface area contributed by atoms with Crippen LogP contribution in [0.1, 0.15) is 36.9 Å². The Balaban J connectivity index is 2.18. The maximum absolute atomic E-state index is 4.82. The van der Waals surface area contributed by atoms with Crippen LogP contribution < -0.4 is 10.2 Å². The predicted molar refractivity (Wildman–Crippen MR) is 92.0 cm³/mol. The van der Waals surface area contributed by atoms with E-state index in [0.717, 1.165) is 31.1 Å². The fourth-order valence-electron chi connectivity index (χ4n) is 2.28. The van der Waals surface area contributed by atoms with Crippen LogP contribution in [0.5, 0.6) is 0 Å². The second-order valence-corrected chi connectivity index (χ2v) is 6.53. The Hall–Kier alpha value is -1.39. The first-order valence-electron chi connectivity index (χ1n) is 7.58. The monoisotopic (exact) mass is 303 g/mol. The number of pyridine rings is 1. The van der Waals surface area contributed by atoms with Crippen LogP contribution in [0.25, 0.3) is 0 Å². The molecule has 0 aliphatic carbocycles. The lowest BCUT2D eigenvalue weighted by atomic mass is 10.2. The number of aryl methyl sites for hydroxylation is 1. The minimum atomic E-state index is 0.429. The van der Waals surface area contributed by atoms with Gasteiger partial charge in [0.05, 0.1) is 6.54 Å². The van der Waals surface area contributed by atoms with Gasteiger partial charge in [0.25, 0.3) is 0 Å². The molecule has 0 aromatic carbocycles. The molecule has 2 aromatic heterocycles. The molecular weight excluding hydrogens is 278 g/mol. The number of thiophene rings is 1. The van der Waals surface area contributed by atoms with Gasteiger partial charge in [0.1, 0.15) is 5.82 Å². The molecule has 0 spiro atoms. The van der Waals surface area contributed by atoms with Crippen LogP contribution in [0.3, 0.4) is 0 Å². The molecule has 0 saturated carbocycles. The topological polar surface area (TPSA) is 28.2 Å². The van der Waals surface area contributed by atoms with Crippen molar-refractivity contribution in [3.8, 4) is 0 Å². The zero-order valence-electron chi connectivity index (χ0n) is 13.4. The highest BCUT2D eigenvalue weighted by molar-refractivity contribution is 7.09. The SMILES string of the molecule is CCNCc1ccc(N(Cc2cccs2)C(C)C)nc1C. The van der Waals surface area contributed by atoms with Gasteiger partial charge in [-0.25, -0.2) is 4.98 Å².